The molecule has 1 heterocycles. The summed E-state index contributed by atoms with van der Waals surface area (Å²) in [5, 5.41) is 0. The minimum Gasteiger partial charge on any atom is -0.494 e. The Hall–Kier alpha value is -3.53. The molecule has 3 aromatic rings. The average Bonchev–Trinajstić information content (AvgIpc) is 3.04. The first-order valence-corrected chi connectivity index (χ1v) is 9.62. The van der Waals surface area contributed by atoms with Crippen molar-refractivity contribution in [1.82, 2.24) is 0 Å². The Balaban J connectivity index is 1.48. The molecule has 0 amide bonds. The first kappa shape index (κ1) is 18.8. The lowest BCUT2D eigenvalue weighted by Gasteiger charge is -2.09. The number of Topliss-reactive ketones (excluding diaryl/α,β-unsaturated/α-hetero) is 1. The van der Waals surface area contributed by atoms with E-state index in [0.717, 1.165) is 16.9 Å². The molecule has 0 saturated carbocycles. The quantitative estimate of drug-likeness (QED) is 0.518. The van der Waals surface area contributed by atoms with Gasteiger partial charge in [-0.25, -0.2) is 0 Å². The van der Waals surface area contributed by atoms with Crippen LogP contribution in [0.1, 0.15) is 34.0 Å². The Morgan fingerprint density at radius 1 is 0.931 bits per heavy atom. The minimum atomic E-state index is -0.126. The van der Waals surface area contributed by atoms with Crippen molar-refractivity contribution in [1.29, 1.82) is 0 Å². The van der Waals surface area contributed by atoms with Crippen LogP contribution in [0, 0.1) is 6.92 Å². The number of ether oxygens (including phenoxy) is 3. The van der Waals surface area contributed by atoms with E-state index >= 15 is 0 Å². The summed E-state index contributed by atoms with van der Waals surface area (Å²) in [6.45, 7) is 5.08. The van der Waals surface area contributed by atoms with E-state index < -0.39 is 0 Å². The maximum Gasteiger partial charge on any atom is 0.231 e. The van der Waals surface area contributed by atoms with Gasteiger partial charge >= 0.3 is 0 Å². The van der Waals surface area contributed by atoms with Crippen molar-refractivity contribution in [2.75, 3.05) is 6.61 Å². The smallest absolute Gasteiger partial charge is 0.231 e. The highest BCUT2D eigenvalue weighted by molar-refractivity contribution is 6.14. The molecule has 0 spiro atoms. The third kappa shape index (κ3) is 4.16. The summed E-state index contributed by atoms with van der Waals surface area (Å²) in [6.07, 6.45) is 1.74. The van der Waals surface area contributed by atoms with Crippen LogP contribution in [0.5, 0.6) is 17.2 Å². The topological polar surface area (TPSA) is 44.8 Å². The SMILES string of the molecule is CCOc1ccc(/C=C2\Oc3cc(OCc4ccccc4C)ccc3C2=O)cc1. The number of fused-ring (bicyclic) bond motifs is 1. The molecular weight excluding hydrogens is 364 g/mol. The van der Waals surface area contributed by atoms with Gasteiger partial charge < -0.3 is 14.2 Å². The number of carbonyl (C=O) groups is 1. The maximum atomic E-state index is 12.6. The second-order valence-electron chi connectivity index (χ2n) is 6.81. The van der Waals surface area contributed by atoms with E-state index in [1.165, 1.54) is 5.56 Å². The zero-order valence-corrected chi connectivity index (χ0v) is 16.5. The molecule has 1 aliphatic rings. The Bertz CT molecular complexity index is 1060. The molecule has 146 valence electrons. The van der Waals surface area contributed by atoms with Crippen molar-refractivity contribution in [2.45, 2.75) is 20.5 Å². The van der Waals surface area contributed by atoms with E-state index in [1.807, 2.05) is 49.4 Å². The first-order valence-electron chi connectivity index (χ1n) is 9.62. The van der Waals surface area contributed by atoms with Crippen molar-refractivity contribution in [2.24, 2.45) is 0 Å². The van der Waals surface area contributed by atoms with Crippen molar-refractivity contribution >= 4 is 11.9 Å². The van der Waals surface area contributed by atoms with Gasteiger partial charge in [0, 0.05) is 6.07 Å². The number of allylic oxidation sites excluding steroid dienone is 1. The first-order chi connectivity index (χ1) is 14.1. The van der Waals surface area contributed by atoms with E-state index in [2.05, 4.69) is 13.0 Å². The number of hydrogen-bond donors (Lipinski definition) is 0. The number of aryl methyl sites for hydroxylation is 1. The summed E-state index contributed by atoms with van der Waals surface area (Å²) in [4.78, 5) is 12.6. The Labute approximate surface area is 170 Å². The van der Waals surface area contributed by atoms with Crippen LogP contribution in [0.3, 0.4) is 0 Å². The van der Waals surface area contributed by atoms with Crippen molar-refractivity contribution in [3.05, 3.63) is 94.7 Å². The number of ketones is 1. The van der Waals surface area contributed by atoms with Gasteiger partial charge in [0.1, 0.15) is 23.9 Å². The van der Waals surface area contributed by atoms with E-state index in [1.54, 1.807) is 24.3 Å². The van der Waals surface area contributed by atoms with E-state index in [-0.39, 0.29) is 5.78 Å². The normalized spacial score (nSPS) is 13.9. The van der Waals surface area contributed by atoms with E-state index in [9.17, 15) is 4.79 Å². The molecule has 1 aliphatic heterocycles. The summed E-state index contributed by atoms with van der Waals surface area (Å²) in [6, 6.07) is 21.0. The Morgan fingerprint density at radius 3 is 2.45 bits per heavy atom. The van der Waals surface area contributed by atoms with Crippen LogP contribution < -0.4 is 14.2 Å². The number of hydrogen-bond acceptors (Lipinski definition) is 4. The predicted octanol–water partition coefficient (Wildman–Crippen LogP) is 5.59. The van der Waals surface area contributed by atoms with Gasteiger partial charge in [0.25, 0.3) is 0 Å². The molecule has 0 unspecified atom stereocenters. The molecule has 0 fully saturated rings. The molecule has 0 atom stereocenters. The minimum absolute atomic E-state index is 0.126. The van der Waals surface area contributed by atoms with Gasteiger partial charge in [-0.1, -0.05) is 36.4 Å². The fourth-order valence-corrected chi connectivity index (χ4v) is 3.17. The zero-order valence-electron chi connectivity index (χ0n) is 16.5. The largest absolute Gasteiger partial charge is 0.494 e. The molecule has 0 bridgehead atoms. The summed E-state index contributed by atoms with van der Waals surface area (Å²) in [7, 11) is 0. The molecular formula is C25H22O4. The third-order valence-electron chi connectivity index (χ3n) is 4.79. The number of benzene rings is 3. The number of carbonyl (C=O) groups excluding carboxylic acids is 1. The van der Waals surface area contributed by atoms with Crippen LogP contribution in [-0.2, 0) is 6.61 Å². The van der Waals surface area contributed by atoms with Crippen LogP contribution in [0.2, 0.25) is 0 Å². The standard InChI is InChI=1S/C25H22O4/c1-3-27-20-10-8-18(9-11-20)14-24-25(26)22-13-12-21(15-23(22)29-24)28-16-19-7-5-4-6-17(19)2/h4-15H,3,16H2,1-2H3/b24-14-. The molecule has 4 heteroatoms. The van der Waals surface area contributed by atoms with Crippen LogP contribution in [-0.4, -0.2) is 12.4 Å². The predicted molar refractivity (Wildman–Crippen MR) is 112 cm³/mol. The van der Waals surface area contributed by atoms with Gasteiger partial charge in [0.2, 0.25) is 5.78 Å². The maximum absolute atomic E-state index is 12.6. The highest BCUT2D eigenvalue weighted by atomic mass is 16.5. The summed E-state index contributed by atoms with van der Waals surface area (Å²) in [5.74, 6) is 2.17. The van der Waals surface area contributed by atoms with E-state index in [4.69, 9.17) is 14.2 Å². The third-order valence-corrected chi connectivity index (χ3v) is 4.79. The lowest BCUT2D eigenvalue weighted by atomic mass is 10.1. The van der Waals surface area contributed by atoms with Gasteiger partial charge in [0.05, 0.1) is 12.2 Å². The van der Waals surface area contributed by atoms with Crippen molar-refractivity contribution in [3.63, 3.8) is 0 Å². The summed E-state index contributed by atoms with van der Waals surface area (Å²) in [5.41, 5.74) is 3.73. The molecule has 0 radical (unpaired) electrons. The molecule has 0 aromatic heterocycles. The number of rotatable bonds is 6. The second-order valence-corrected chi connectivity index (χ2v) is 6.81. The Kier molecular flexibility index (Phi) is 5.34. The van der Waals surface area contributed by atoms with Crippen LogP contribution >= 0.6 is 0 Å². The Morgan fingerprint density at radius 2 is 1.69 bits per heavy atom. The van der Waals surface area contributed by atoms with Crippen molar-refractivity contribution < 1.29 is 19.0 Å². The summed E-state index contributed by atoms with van der Waals surface area (Å²) < 4.78 is 17.2. The highest BCUT2D eigenvalue weighted by Crippen LogP contribution is 2.35. The van der Waals surface area contributed by atoms with Crippen LogP contribution in [0.4, 0.5) is 0 Å². The van der Waals surface area contributed by atoms with Crippen LogP contribution in [0.15, 0.2) is 72.5 Å². The molecule has 0 aliphatic carbocycles. The molecule has 29 heavy (non-hydrogen) atoms. The van der Waals surface area contributed by atoms with Gasteiger partial charge in [-0.05, 0) is 60.9 Å². The van der Waals surface area contributed by atoms with E-state index in [0.29, 0.717) is 36.0 Å². The molecule has 4 nitrogen and oxygen atoms in total. The van der Waals surface area contributed by atoms with Gasteiger partial charge in [-0.3, -0.25) is 4.79 Å². The molecule has 0 N–H and O–H groups in total. The monoisotopic (exact) mass is 386 g/mol. The molecule has 4 rings (SSSR count). The summed E-state index contributed by atoms with van der Waals surface area (Å²) >= 11 is 0. The molecule has 0 saturated heterocycles. The highest BCUT2D eigenvalue weighted by Gasteiger charge is 2.27. The van der Waals surface area contributed by atoms with Gasteiger partial charge in [-0.2, -0.15) is 0 Å². The van der Waals surface area contributed by atoms with Crippen molar-refractivity contribution in [3.8, 4) is 17.2 Å². The van der Waals surface area contributed by atoms with Crippen LogP contribution in [0.25, 0.3) is 6.08 Å². The zero-order chi connectivity index (χ0) is 20.2. The lowest BCUT2D eigenvalue weighted by molar-refractivity contribution is 0.101. The van der Waals surface area contributed by atoms with Gasteiger partial charge in [-0.15, -0.1) is 0 Å². The second kappa shape index (κ2) is 8.23. The average molecular weight is 386 g/mol. The molecule has 3 aromatic carbocycles. The fraction of sp³-hybridized carbons (Fsp3) is 0.160. The van der Waals surface area contributed by atoms with Gasteiger partial charge in [0.15, 0.2) is 5.76 Å². The fourth-order valence-electron chi connectivity index (χ4n) is 3.17. The lowest BCUT2D eigenvalue weighted by Crippen LogP contribution is -1.98.